The lowest BCUT2D eigenvalue weighted by Gasteiger charge is -2.40. The highest BCUT2D eigenvalue weighted by atomic mass is 16.5. The van der Waals surface area contributed by atoms with Gasteiger partial charge >= 0.3 is 5.97 Å². The Labute approximate surface area is 147 Å². The first-order valence-corrected chi connectivity index (χ1v) is 8.66. The Morgan fingerprint density at radius 1 is 1.20 bits per heavy atom. The molecule has 0 spiro atoms. The van der Waals surface area contributed by atoms with Crippen LogP contribution in [0.3, 0.4) is 0 Å². The number of ether oxygens (including phenoxy) is 1. The predicted octanol–water partition coefficient (Wildman–Crippen LogP) is 1.72. The lowest BCUT2D eigenvalue weighted by molar-refractivity contribution is -0.136. The van der Waals surface area contributed by atoms with E-state index in [4.69, 9.17) is 9.84 Å². The third-order valence-corrected chi connectivity index (χ3v) is 5.05. The average Bonchev–Trinajstić information content (AvgIpc) is 3.06. The first-order valence-electron chi connectivity index (χ1n) is 8.66. The largest absolute Gasteiger partial charge is 0.478 e. The van der Waals surface area contributed by atoms with Crippen LogP contribution in [0.15, 0.2) is 30.3 Å². The predicted molar refractivity (Wildman–Crippen MR) is 94.4 cm³/mol. The van der Waals surface area contributed by atoms with Gasteiger partial charge in [0.25, 0.3) is 0 Å². The van der Waals surface area contributed by atoms with Crippen LogP contribution in [0.2, 0.25) is 0 Å². The van der Waals surface area contributed by atoms with E-state index < -0.39 is 5.97 Å². The summed E-state index contributed by atoms with van der Waals surface area (Å²) in [4.78, 5) is 27.8. The van der Waals surface area contributed by atoms with E-state index in [0.717, 1.165) is 24.9 Å². The molecule has 0 bridgehead atoms. The van der Waals surface area contributed by atoms with Crippen molar-refractivity contribution in [3.05, 3.63) is 41.5 Å². The average molecular weight is 344 g/mol. The van der Waals surface area contributed by atoms with Crippen LogP contribution in [0.4, 0.5) is 0 Å². The minimum absolute atomic E-state index is 0.0177. The molecule has 1 amide bonds. The Morgan fingerprint density at radius 3 is 2.60 bits per heavy atom. The molecule has 2 heterocycles. The van der Waals surface area contributed by atoms with Gasteiger partial charge in [-0.15, -0.1) is 0 Å². The summed E-state index contributed by atoms with van der Waals surface area (Å²) in [5.74, 6) is -0.973. The highest BCUT2D eigenvalue weighted by Gasteiger charge is 2.36. The van der Waals surface area contributed by atoms with Gasteiger partial charge in [-0.05, 0) is 50.2 Å². The van der Waals surface area contributed by atoms with E-state index in [-0.39, 0.29) is 17.5 Å². The number of carbonyl (C=O) groups excluding carboxylic acids is 1. The van der Waals surface area contributed by atoms with Gasteiger partial charge in [0.15, 0.2) is 0 Å². The third kappa shape index (κ3) is 4.08. The Balaban J connectivity index is 1.68. The molecule has 2 fully saturated rings. The first-order chi connectivity index (χ1) is 12.1. The van der Waals surface area contributed by atoms with Gasteiger partial charge in [0.1, 0.15) is 0 Å². The monoisotopic (exact) mass is 344 g/mol. The number of hydrogen-bond acceptors (Lipinski definition) is 4. The van der Waals surface area contributed by atoms with Crippen LogP contribution in [0.25, 0.3) is 6.08 Å². The van der Waals surface area contributed by atoms with E-state index >= 15 is 0 Å². The molecule has 2 aliphatic rings. The molecule has 3 rings (SSSR count). The molecule has 0 aromatic heterocycles. The van der Waals surface area contributed by atoms with E-state index in [1.165, 1.54) is 12.1 Å². The van der Waals surface area contributed by atoms with Crippen LogP contribution in [0.1, 0.15) is 28.8 Å². The van der Waals surface area contributed by atoms with E-state index in [9.17, 15) is 9.59 Å². The summed E-state index contributed by atoms with van der Waals surface area (Å²) < 4.78 is 5.62. The number of likely N-dealkylation sites (tertiary alicyclic amines) is 1. The molecule has 6 heteroatoms. The lowest BCUT2D eigenvalue weighted by Crippen LogP contribution is -2.56. The summed E-state index contributed by atoms with van der Waals surface area (Å²) in [6.45, 7) is 2.83. The zero-order valence-electron chi connectivity index (χ0n) is 14.4. The van der Waals surface area contributed by atoms with E-state index in [0.29, 0.717) is 25.8 Å². The summed E-state index contributed by atoms with van der Waals surface area (Å²) >= 11 is 0. The van der Waals surface area contributed by atoms with Crippen LogP contribution < -0.4 is 0 Å². The topological polar surface area (TPSA) is 70.1 Å². The van der Waals surface area contributed by atoms with E-state index in [2.05, 4.69) is 11.9 Å². The van der Waals surface area contributed by atoms with E-state index in [1.54, 1.807) is 24.3 Å². The first kappa shape index (κ1) is 17.6. The number of nitrogens with zero attached hydrogens (tertiary/aromatic N) is 2. The second kappa shape index (κ2) is 7.80. The normalized spacial score (nSPS) is 24.8. The van der Waals surface area contributed by atoms with Crippen molar-refractivity contribution in [1.29, 1.82) is 0 Å². The number of rotatable bonds is 4. The summed E-state index contributed by atoms with van der Waals surface area (Å²) in [6.07, 6.45) is 5.56. The zero-order chi connectivity index (χ0) is 17.8. The van der Waals surface area contributed by atoms with Gasteiger partial charge in [-0.1, -0.05) is 12.1 Å². The molecule has 0 aliphatic carbocycles. The summed E-state index contributed by atoms with van der Waals surface area (Å²) in [6, 6.07) is 6.93. The molecule has 2 aliphatic heterocycles. The Bertz CT molecular complexity index is 656. The summed E-state index contributed by atoms with van der Waals surface area (Å²) in [5, 5.41) is 8.92. The molecule has 1 aromatic carbocycles. The molecule has 6 nitrogen and oxygen atoms in total. The van der Waals surface area contributed by atoms with Gasteiger partial charge < -0.3 is 19.6 Å². The fraction of sp³-hybridized carbons (Fsp3) is 0.474. The number of hydrogen-bond donors (Lipinski definition) is 1. The van der Waals surface area contributed by atoms with Crippen molar-refractivity contribution in [2.75, 3.05) is 33.4 Å². The number of likely N-dealkylation sites (N-methyl/N-ethyl adjacent to an activating group) is 1. The standard InChI is InChI=1S/C19H24N2O4/c1-20-10-2-3-16(20)17-13-25-12-11-21(17)18(22)9-6-14-4-7-15(8-5-14)19(23)24/h4-9,16-17H,2-3,10-13H2,1H3,(H,23,24)/b9-6+. The highest BCUT2D eigenvalue weighted by Crippen LogP contribution is 2.24. The third-order valence-electron chi connectivity index (χ3n) is 5.05. The summed E-state index contributed by atoms with van der Waals surface area (Å²) in [5.41, 5.74) is 1.04. The van der Waals surface area contributed by atoms with Crippen molar-refractivity contribution < 1.29 is 19.4 Å². The van der Waals surface area contributed by atoms with Crippen LogP contribution in [-0.2, 0) is 9.53 Å². The van der Waals surface area contributed by atoms with Gasteiger partial charge in [0, 0.05) is 18.7 Å². The molecule has 0 radical (unpaired) electrons. The van der Waals surface area contributed by atoms with E-state index in [1.807, 2.05) is 4.90 Å². The Kier molecular flexibility index (Phi) is 5.50. The molecule has 2 atom stereocenters. The minimum atomic E-state index is -0.955. The maximum absolute atomic E-state index is 12.7. The smallest absolute Gasteiger partial charge is 0.335 e. The second-order valence-electron chi connectivity index (χ2n) is 6.62. The van der Waals surface area contributed by atoms with Crippen LogP contribution >= 0.6 is 0 Å². The van der Waals surface area contributed by atoms with Crippen molar-refractivity contribution in [2.45, 2.75) is 24.9 Å². The number of amides is 1. The molecule has 2 unspecified atom stereocenters. The Morgan fingerprint density at radius 2 is 1.96 bits per heavy atom. The maximum atomic E-state index is 12.7. The molecule has 25 heavy (non-hydrogen) atoms. The van der Waals surface area contributed by atoms with Crippen LogP contribution in [-0.4, -0.2) is 72.2 Å². The Hall–Kier alpha value is -2.18. The number of aromatic carboxylic acids is 1. The van der Waals surface area contributed by atoms with Crippen molar-refractivity contribution in [3.63, 3.8) is 0 Å². The molecule has 2 saturated heterocycles. The molecule has 1 aromatic rings. The fourth-order valence-electron chi connectivity index (χ4n) is 3.64. The fourth-order valence-corrected chi connectivity index (χ4v) is 3.64. The lowest BCUT2D eigenvalue weighted by atomic mass is 10.0. The number of carboxylic acids is 1. The maximum Gasteiger partial charge on any atom is 0.335 e. The molecular formula is C19H24N2O4. The van der Waals surface area contributed by atoms with Crippen molar-refractivity contribution in [3.8, 4) is 0 Å². The second-order valence-corrected chi connectivity index (χ2v) is 6.62. The number of morpholine rings is 1. The summed E-state index contributed by atoms with van der Waals surface area (Å²) in [7, 11) is 2.11. The van der Waals surface area contributed by atoms with Gasteiger partial charge in [-0.3, -0.25) is 4.79 Å². The molecule has 134 valence electrons. The SMILES string of the molecule is CN1CCCC1C1COCCN1C(=O)/C=C/c1ccc(C(=O)O)cc1. The number of benzene rings is 1. The quantitative estimate of drug-likeness (QED) is 0.842. The van der Waals surface area contributed by atoms with Gasteiger partial charge in [0.2, 0.25) is 5.91 Å². The minimum Gasteiger partial charge on any atom is -0.478 e. The van der Waals surface area contributed by atoms with Gasteiger partial charge in [-0.2, -0.15) is 0 Å². The highest BCUT2D eigenvalue weighted by molar-refractivity contribution is 5.92. The molecule has 0 saturated carbocycles. The van der Waals surface area contributed by atoms with Crippen molar-refractivity contribution >= 4 is 18.0 Å². The van der Waals surface area contributed by atoms with Crippen LogP contribution in [0, 0.1) is 0 Å². The number of carboxylic acid groups (broad SMARTS) is 1. The van der Waals surface area contributed by atoms with Gasteiger partial charge in [0.05, 0.1) is 24.8 Å². The number of carbonyl (C=O) groups is 2. The van der Waals surface area contributed by atoms with Crippen molar-refractivity contribution in [1.82, 2.24) is 9.80 Å². The zero-order valence-corrected chi connectivity index (χ0v) is 14.4. The van der Waals surface area contributed by atoms with Crippen LogP contribution in [0.5, 0.6) is 0 Å². The van der Waals surface area contributed by atoms with Crippen molar-refractivity contribution in [2.24, 2.45) is 0 Å². The van der Waals surface area contributed by atoms with Gasteiger partial charge in [-0.25, -0.2) is 4.79 Å². The molecular weight excluding hydrogens is 320 g/mol. The molecule has 1 N–H and O–H groups in total.